The van der Waals surface area contributed by atoms with E-state index in [0.717, 1.165) is 27.1 Å². The molecule has 0 heterocycles. The summed E-state index contributed by atoms with van der Waals surface area (Å²) in [5.74, 6) is 0. The van der Waals surface area contributed by atoms with Crippen molar-refractivity contribution in [2.24, 2.45) is 5.73 Å². The van der Waals surface area contributed by atoms with Crippen molar-refractivity contribution in [1.29, 1.82) is 10.7 Å². The molecule has 0 aliphatic heterocycles. The van der Waals surface area contributed by atoms with Gasteiger partial charge in [0.1, 0.15) is 6.07 Å². The van der Waals surface area contributed by atoms with Gasteiger partial charge in [-0.05, 0) is 42.3 Å². The summed E-state index contributed by atoms with van der Waals surface area (Å²) in [6.45, 7) is 1.93. The van der Waals surface area contributed by atoms with Crippen LogP contribution in [0, 0.1) is 23.7 Å². The molecule has 0 atom stereocenters. The van der Waals surface area contributed by atoms with E-state index in [2.05, 4.69) is 6.07 Å². The second kappa shape index (κ2) is 6.78. The third-order valence-corrected chi connectivity index (χ3v) is 4.01. The zero-order valence-electron chi connectivity index (χ0n) is 11.6. The highest BCUT2D eigenvalue weighted by Crippen LogP contribution is 2.31. The number of hydrogen-bond donors (Lipinski definition) is 2. The van der Waals surface area contributed by atoms with Crippen LogP contribution in [0.4, 0.5) is 0 Å². The van der Waals surface area contributed by atoms with E-state index in [1.54, 1.807) is 11.8 Å². The molecule has 0 aliphatic carbocycles. The summed E-state index contributed by atoms with van der Waals surface area (Å²) in [6, 6.07) is 18.1. The second-order valence-electron chi connectivity index (χ2n) is 4.48. The first-order valence-corrected chi connectivity index (χ1v) is 7.21. The number of nitrogens with one attached hydrogen (secondary N) is 1. The van der Waals surface area contributed by atoms with Gasteiger partial charge in [0, 0.05) is 16.0 Å². The summed E-state index contributed by atoms with van der Waals surface area (Å²) in [5, 5.41) is 16.5. The van der Waals surface area contributed by atoms with Crippen molar-refractivity contribution in [3.63, 3.8) is 0 Å². The summed E-state index contributed by atoms with van der Waals surface area (Å²) >= 11 is 1.63. The van der Waals surface area contributed by atoms with E-state index in [1.807, 2.05) is 55.5 Å². The number of allylic oxidation sites excluding steroid dienone is 2. The monoisotopic (exact) mass is 293 g/mol. The van der Waals surface area contributed by atoms with Crippen LogP contribution in [0.5, 0.6) is 0 Å². The highest BCUT2D eigenvalue weighted by atomic mass is 32.2. The fourth-order valence-electron chi connectivity index (χ4n) is 1.91. The van der Waals surface area contributed by atoms with Gasteiger partial charge in [-0.15, -0.1) is 0 Å². The topological polar surface area (TPSA) is 73.7 Å². The highest BCUT2D eigenvalue weighted by molar-refractivity contribution is 7.99. The minimum Gasteiger partial charge on any atom is -0.396 e. The smallest absolute Gasteiger partial charge is 0.102 e. The van der Waals surface area contributed by atoms with E-state index in [4.69, 9.17) is 11.1 Å². The third kappa shape index (κ3) is 3.53. The normalized spacial score (nSPS) is 11.4. The second-order valence-corrected chi connectivity index (χ2v) is 5.63. The van der Waals surface area contributed by atoms with Crippen LogP contribution in [0.3, 0.4) is 0 Å². The lowest BCUT2D eigenvalue weighted by Gasteiger charge is -2.09. The Morgan fingerprint density at radius 1 is 1.19 bits per heavy atom. The fraction of sp³-hybridized carbons (Fsp3) is 0.0588. The Hall–Kier alpha value is -2.51. The molecule has 3 N–H and O–H groups in total. The predicted octanol–water partition coefficient (Wildman–Crippen LogP) is 3.99. The van der Waals surface area contributed by atoms with Crippen molar-refractivity contribution < 1.29 is 0 Å². The molecule has 2 aromatic rings. The summed E-state index contributed by atoms with van der Waals surface area (Å²) in [6.07, 6.45) is 1.01. The molecule has 0 saturated carbocycles. The molecule has 21 heavy (non-hydrogen) atoms. The minimum absolute atomic E-state index is 0.183. The first-order chi connectivity index (χ1) is 10.2. The van der Waals surface area contributed by atoms with Gasteiger partial charge < -0.3 is 11.1 Å². The van der Waals surface area contributed by atoms with E-state index >= 15 is 0 Å². The van der Waals surface area contributed by atoms with E-state index in [9.17, 15) is 5.26 Å². The Kier molecular flexibility index (Phi) is 4.81. The zero-order chi connectivity index (χ0) is 15.2. The van der Waals surface area contributed by atoms with Gasteiger partial charge in [0.2, 0.25) is 0 Å². The molecule has 0 radical (unpaired) electrons. The average molecular weight is 293 g/mol. The number of benzene rings is 2. The lowest BCUT2D eigenvalue weighted by Crippen LogP contribution is -2.03. The van der Waals surface area contributed by atoms with Crippen LogP contribution in [0.1, 0.15) is 11.1 Å². The number of nitrogens with zero attached hydrogens (tertiary/aromatic N) is 1. The molecular weight excluding hydrogens is 278 g/mol. The van der Waals surface area contributed by atoms with Crippen LogP contribution in [0.25, 0.3) is 5.57 Å². The maximum absolute atomic E-state index is 9.29. The fourth-order valence-corrected chi connectivity index (χ4v) is 2.79. The summed E-state index contributed by atoms with van der Waals surface area (Å²) in [5.41, 5.74) is 8.01. The molecule has 0 spiro atoms. The highest BCUT2D eigenvalue weighted by Gasteiger charge is 2.10. The molecule has 0 amide bonds. The van der Waals surface area contributed by atoms with Crippen LogP contribution in [0.15, 0.2) is 64.0 Å². The Morgan fingerprint density at radius 2 is 1.90 bits per heavy atom. The van der Waals surface area contributed by atoms with Crippen molar-refractivity contribution in [1.82, 2.24) is 0 Å². The standard InChI is InChI=1S/C17H15N3S/c1-12-7-8-14(21-13-5-3-2-4-6-13)9-15(12)16(10-18)17(20)11-19/h2-9,11,19H,20H2,1H3/b17-16+,19-11?. The van der Waals surface area contributed by atoms with Crippen molar-refractivity contribution in [3.8, 4) is 6.07 Å². The van der Waals surface area contributed by atoms with Crippen LogP contribution in [-0.2, 0) is 0 Å². The Labute approximate surface area is 128 Å². The molecule has 0 unspecified atom stereocenters. The van der Waals surface area contributed by atoms with Crippen molar-refractivity contribution in [2.45, 2.75) is 16.7 Å². The quantitative estimate of drug-likeness (QED) is 0.661. The minimum atomic E-state index is 0.183. The molecule has 4 heteroatoms. The van der Waals surface area contributed by atoms with E-state index in [1.165, 1.54) is 0 Å². The summed E-state index contributed by atoms with van der Waals surface area (Å²) in [7, 11) is 0. The van der Waals surface area contributed by atoms with E-state index in [-0.39, 0.29) is 5.70 Å². The summed E-state index contributed by atoms with van der Waals surface area (Å²) in [4.78, 5) is 2.17. The molecule has 2 rings (SSSR count). The summed E-state index contributed by atoms with van der Waals surface area (Å²) < 4.78 is 0. The number of rotatable bonds is 4. The molecule has 0 bridgehead atoms. The van der Waals surface area contributed by atoms with Crippen molar-refractivity contribution in [3.05, 3.63) is 65.4 Å². The number of aryl methyl sites for hydroxylation is 1. The molecule has 0 aliphatic rings. The van der Waals surface area contributed by atoms with Gasteiger partial charge in [0.05, 0.1) is 11.3 Å². The predicted molar refractivity (Wildman–Crippen MR) is 87.2 cm³/mol. The average Bonchev–Trinajstić information content (AvgIpc) is 2.51. The van der Waals surface area contributed by atoms with Crippen LogP contribution in [0.2, 0.25) is 0 Å². The van der Waals surface area contributed by atoms with Gasteiger partial charge >= 0.3 is 0 Å². The van der Waals surface area contributed by atoms with Gasteiger partial charge in [0.25, 0.3) is 0 Å². The number of nitriles is 1. The van der Waals surface area contributed by atoms with Gasteiger partial charge in [-0.1, -0.05) is 36.0 Å². The molecule has 2 aromatic carbocycles. The van der Waals surface area contributed by atoms with E-state index in [0.29, 0.717) is 5.57 Å². The van der Waals surface area contributed by atoms with Crippen LogP contribution < -0.4 is 5.73 Å². The third-order valence-electron chi connectivity index (χ3n) is 3.01. The maximum Gasteiger partial charge on any atom is 0.102 e. The Morgan fingerprint density at radius 3 is 2.52 bits per heavy atom. The van der Waals surface area contributed by atoms with Gasteiger partial charge in [-0.3, -0.25) is 0 Å². The Bertz CT molecular complexity index is 727. The molecule has 0 saturated heterocycles. The van der Waals surface area contributed by atoms with Gasteiger partial charge in [-0.2, -0.15) is 5.26 Å². The van der Waals surface area contributed by atoms with Crippen LogP contribution in [-0.4, -0.2) is 6.21 Å². The largest absolute Gasteiger partial charge is 0.396 e. The Balaban J connectivity index is 2.43. The molecule has 0 aromatic heterocycles. The van der Waals surface area contributed by atoms with Crippen LogP contribution >= 0.6 is 11.8 Å². The molecule has 104 valence electrons. The molecule has 0 fully saturated rings. The van der Waals surface area contributed by atoms with Gasteiger partial charge in [-0.25, -0.2) is 0 Å². The van der Waals surface area contributed by atoms with Crippen molar-refractivity contribution in [2.75, 3.05) is 0 Å². The lowest BCUT2D eigenvalue weighted by atomic mass is 10.0. The molecular formula is C17H15N3S. The van der Waals surface area contributed by atoms with Crippen molar-refractivity contribution >= 4 is 23.5 Å². The number of nitrogens with two attached hydrogens (primary N) is 1. The zero-order valence-corrected chi connectivity index (χ0v) is 12.4. The first-order valence-electron chi connectivity index (χ1n) is 6.40. The number of hydrogen-bond acceptors (Lipinski definition) is 4. The van der Waals surface area contributed by atoms with Gasteiger partial charge in [0.15, 0.2) is 0 Å². The first kappa shape index (κ1) is 14.9. The lowest BCUT2D eigenvalue weighted by molar-refractivity contribution is 1.32. The van der Waals surface area contributed by atoms with E-state index < -0.39 is 0 Å². The maximum atomic E-state index is 9.29. The molecule has 3 nitrogen and oxygen atoms in total. The SMILES string of the molecule is Cc1ccc(Sc2ccccc2)cc1/C(C#N)=C(/N)C=N.